The minimum atomic E-state index is -0.367. The number of rotatable bonds is 5. The summed E-state index contributed by atoms with van der Waals surface area (Å²) >= 11 is 0. The molecule has 0 saturated carbocycles. The van der Waals surface area contributed by atoms with Gasteiger partial charge in [0, 0.05) is 31.4 Å². The van der Waals surface area contributed by atoms with Crippen LogP contribution in [0.15, 0.2) is 30.5 Å². The molecule has 1 N–H and O–H groups in total. The minimum Gasteiger partial charge on any atom is -0.369 e. The first kappa shape index (κ1) is 16.4. The van der Waals surface area contributed by atoms with Gasteiger partial charge in [-0.1, -0.05) is 6.07 Å². The van der Waals surface area contributed by atoms with Gasteiger partial charge in [-0.15, -0.1) is 0 Å². The first-order valence-electron chi connectivity index (χ1n) is 8.21. The highest BCUT2D eigenvalue weighted by molar-refractivity contribution is 5.89. The Kier molecular flexibility index (Phi) is 4.22. The molecule has 126 valence electrons. The van der Waals surface area contributed by atoms with Crippen LogP contribution in [0.25, 0.3) is 11.4 Å². The molecule has 2 aromatic rings. The monoisotopic (exact) mass is 325 g/mol. The predicted molar refractivity (Wildman–Crippen MR) is 93.4 cm³/mol. The summed E-state index contributed by atoms with van der Waals surface area (Å²) < 4.78 is 0. The number of aromatic nitrogens is 3. The van der Waals surface area contributed by atoms with Crippen molar-refractivity contribution in [2.75, 3.05) is 18.4 Å². The Hall–Kier alpha value is -2.50. The maximum Gasteiger partial charge on any atom is 0.232 e. The molecular formula is C18H23N5O. The Bertz CT molecular complexity index is 746. The summed E-state index contributed by atoms with van der Waals surface area (Å²) in [6.45, 7) is 9.26. The number of β-lactam (4-membered cyclic amide) rings is 1. The number of nitrogens with zero attached hydrogens (tertiary/aromatic N) is 4. The van der Waals surface area contributed by atoms with E-state index >= 15 is 0 Å². The van der Waals surface area contributed by atoms with Gasteiger partial charge < -0.3 is 10.2 Å². The van der Waals surface area contributed by atoms with Crippen LogP contribution in [-0.4, -0.2) is 44.9 Å². The van der Waals surface area contributed by atoms with Crippen molar-refractivity contribution in [3.05, 3.63) is 36.3 Å². The van der Waals surface area contributed by atoms with E-state index in [1.54, 1.807) is 6.20 Å². The predicted octanol–water partition coefficient (Wildman–Crippen LogP) is 2.52. The number of hydrogen-bond donors (Lipinski definition) is 1. The number of pyridine rings is 1. The van der Waals surface area contributed by atoms with Gasteiger partial charge in [0.1, 0.15) is 11.6 Å². The highest BCUT2D eigenvalue weighted by Crippen LogP contribution is 2.33. The quantitative estimate of drug-likeness (QED) is 0.855. The molecular weight excluding hydrogens is 302 g/mol. The zero-order valence-corrected chi connectivity index (χ0v) is 14.6. The van der Waals surface area contributed by atoms with Crippen molar-refractivity contribution < 1.29 is 4.79 Å². The molecule has 1 aliphatic rings. The van der Waals surface area contributed by atoms with Gasteiger partial charge in [-0.25, -0.2) is 9.97 Å². The lowest BCUT2D eigenvalue weighted by Crippen LogP contribution is -2.64. The average Bonchev–Trinajstić information content (AvgIpc) is 2.57. The van der Waals surface area contributed by atoms with Crippen molar-refractivity contribution in [2.45, 2.75) is 33.7 Å². The van der Waals surface area contributed by atoms with E-state index in [4.69, 9.17) is 0 Å². The first-order chi connectivity index (χ1) is 11.4. The van der Waals surface area contributed by atoms with Gasteiger partial charge in [-0.3, -0.25) is 9.78 Å². The summed E-state index contributed by atoms with van der Waals surface area (Å²) in [5.74, 6) is 1.59. The van der Waals surface area contributed by atoms with Gasteiger partial charge in [0.05, 0.1) is 16.8 Å². The SMILES string of the molecule is Cc1nc(NCC2(C)CN(C(C)C)C2=O)cc(-c2ccccn2)n1. The molecule has 0 spiro atoms. The van der Waals surface area contributed by atoms with E-state index in [0.717, 1.165) is 23.8 Å². The van der Waals surface area contributed by atoms with Crippen LogP contribution in [0.1, 0.15) is 26.6 Å². The van der Waals surface area contributed by atoms with Crippen LogP contribution in [0.3, 0.4) is 0 Å². The molecule has 2 aromatic heterocycles. The average molecular weight is 325 g/mol. The summed E-state index contributed by atoms with van der Waals surface area (Å²) in [6.07, 6.45) is 1.74. The van der Waals surface area contributed by atoms with E-state index < -0.39 is 0 Å². The lowest BCUT2D eigenvalue weighted by molar-refractivity contribution is -0.159. The van der Waals surface area contributed by atoms with Gasteiger partial charge >= 0.3 is 0 Å². The lowest BCUT2D eigenvalue weighted by Gasteiger charge is -2.49. The highest BCUT2D eigenvalue weighted by Gasteiger charge is 2.48. The Labute approximate surface area is 142 Å². The molecule has 0 aromatic carbocycles. The molecule has 1 atom stereocenters. The highest BCUT2D eigenvalue weighted by atomic mass is 16.2. The minimum absolute atomic E-state index is 0.195. The molecule has 24 heavy (non-hydrogen) atoms. The van der Waals surface area contributed by atoms with Crippen LogP contribution in [0.2, 0.25) is 0 Å². The second kappa shape index (κ2) is 6.19. The molecule has 0 bridgehead atoms. The normalized spacial score (nSPS) is 20.2. The van der Waals surface area contributed by atoms with E-state index in [9.17, 15) is 4.79 Å². The number of aryl methyl sites for hydroxylation is 1. The van der Waals surface area contributed by atoms with E-state index in [2.05, 4.69) is 20.3 Å². The van der Waals surface area contributed by atoms with Crippen molar-refractivity contribution in [3.8, 4) is 11.4 Å². The summed E-state index contributed by atoms with van der Waals surface area (Å²) in [4.78, 5) is 27.4. The molecule has 6 nitrogen and oxygen atoms in total. The van der Waals surface area contributed by atoms with Gasteiger partial charge in [0.2, 0.25) is 5.91 Å². The maximum atomic E-state index is 12.3. The second-order valence-corrected chi connectivity index (χ2v) is 6.84. The van der Waals surface area contributed by atoms with Crippen molar-refractivity contribution in [1.29, 1.82) is 0 Å². The zero-order chi connectivity index (χ0) is 17.3. The van der Waals surface area contributed by atoms with Crippen LogP contribution < -0.4 is 5.32 Å². The van der Waals surface area contributed by atoms with E-state index in [-0.39, 0.29) is 17.4 Å². The Morgan fingerprint density at radius 2 is 2.08 bits per heavy atom. The van der Waals surface area contributed by atoms with E-state index in [0.29, 0.717) is 12.4 Å². The fourth-order valence-electron chi connectivity index (χ4n) is 2.91. The van der Waals surface area contributed by atoms with Gasteiger partial charge in [-0.05, 0) is 39.8 Å². The molecule has 0 radical (unpaired) electrons. The number of carbonyl (C=O) groups is 1. The smallest absolute Gasteiger partial charge is 0.232 e. The van der Waals surface area contributed by atoms with Crippen LogP contribution in [0.5, 0.6) is 0 Å². The number of hydrogen-bond acceptors (Lipinski definition) is 5. The van der Waals surface area contributed by atoms with Crippen molar-refractivity contribution in [1.82, 2.24) is 19.9 Å². The van der Waals surface area contributed by atoms with Gasteiger partial charge in [-0.2, -0.15) is 0 Å². The molecule has 1 unspecified atom stereocenters. The number of likely N-dealkylation sites (tertiary alicyclic amines) is 1. The zero-order valence-electron chi connectivity index (χ0n) is 14.6. The maximum absolute atomic E-state index is 12.3. The van der Waals surface area contributed by atoms with Gasteiger partial charge in [0.15, 0.2) is 0 Å². The molecule has 3 rings (SSSR count). The Morgan fingerprint density at radius 1 is 1.29 bits per heavy atom. The largest absolute Gasteiger partial charge is 0.369 e. The lowest BCUT2D eigenvalue weighted by atomic mass is 9.79. The second-order valence-electron chi connectivity index (χ2n) is 6.84. The summed E-state index contributed by atoms with van der Waals surface area (Å²) in [6, 6.07) is 7.86. The van der Waals surface area contributed by atoms with E-state index in [1.807, 2.05) is 56.9 Å². The molecule has 6 heteroatoms. The van der Waals surface area contributed by atoms with Crippen molar-refractivity contribution >= 4 is 11.7 Å². The van der Waals surface area contributed by atoms with E-state index in [1.165, 1.54) is 0 Å². The third-order valence-electron chi connectivity index (χ3n) is 4.34. The van der Waals surface area contributed by atoms with Crippen molar-refractivity contribution in [2.24, 2.45) is 5.41 Å². The number of carbonyl (C=O) groups excluding carboxylic acids is 1. The number of nitrogens with one attached hydrogen (secondary N) is 1. The Balaban J connectivity index is 1.73. The standard InChI is InChI=1S/C18H23N5O/c1-12(2)23-11-18(4,17(23)24)10-20-16-9-15(21-13(3)22-16)14-7-5-6-8-19-14/h5-9,12H,10-11H2,1-4H3,(H,20,21,22). The van der Waals surface area contributed by atoms with Crippen molar-refractivity contribution in [3.63, 3.8) is 0 Å². The Morgan fingerprint density at radius 3 is 2.71 bits per heavy atom. The van der Waals surface area contributed by atoms with Crippen LogP contribution in [0.4, 0.5) is 5.82 Å². The van der Waals surface area contributed by atoms with Crippen LogP contribution in [0, 0.1) is 12.3 Å². The fourth-order valence-corrected chi connectivity index (χ4v) is 2.91. The number of amides is 1. The topological polar surface area (TPSA) is 71.0 Å². The molecule has 1 fully saturated rings. The van der Waals surface area contributed by atoms with Gasteiger partial charge in [0.25, 0.3) is 0 Å². The molecule has 1 amide bonds. The molecule has 1 aliphatic heterocycles. The molecule has 3 heterocycles. The number of anilines is 1. The molecule has 0 aliphatic carbocycles. The van der Waals surface area contributed by atoms with Crippen LogP contribution >= 0.6 is 0 Å². The third kappa shape index (κ3) is 3.09. The fraction of sp³-hybridized carbons (Fsp3) is 0.444. The summed E-state index contributed by atoms with van der Waals surface area (Å²) in [5, 5.41) is 3.30. The summed E-state index contributed by atoms with van der Waals surface area (Å²) in [7, 11) is 0. The molecule has 1 saturated heterocycles. The first-order valence-corrected chi connectivity index (χ1v) is 8.21. The third-order valence-corrected chi connectivity index (χ3v) is 4.34. The summed E-state index contributed by atoms with van der Waals surface area (Å²) in [5.41, 5.74) is 1.22. The van der Waals surface area contributed by atoms with Crippen LogP contribution in [-0.2, 0) is 4.79 Å².